The van der Waals surface area contributed by atoms with Gasteiger partial charge in [-0.05, 0) is 51.2 Å². The monoisotopic (exact) mass is 505 g/mol. The van der Waals surface area contributed by atoms with Gasteiger partial charge in [0.2, 0.25) is 0 Å². The van der Waals surface area contributed by atoms with Gasteiger partial charge in [-0.1, -0.05) is 0 Å². The van der Waals surface area contributed by atoms with Crippen LogP contribution in [0.5, 0.6) is 0 Å². The lowest BCUT2D eigenvalue weighted by Crippen LogP contribution is -2.47. The Morgan fingerprint density at radius 2 is 1.89 bits per heavy atom. The molecule has 4 fully saturated rings. The predicted octanol–water partition coefficient (Wildman–Crippen LogP) is 2.41. The van der Waals surface area contributed by atoms with Gasteiger partial charge in [-0.2, -0.15) is 5.26 Å². The second kappa shape index (κ2) is 11.1. The van der Waals surface area contributed by atoms with Gasteiger partial charge >= 0.3 is 0 Å². The lowest BCUT2D eigenvalue weighted by molar-refractivity contribution is 0.0337. The number of aromatic nitrogens is 2. The van der Waals surface area contributed by atoms with Crippen LogP contribution in [-0.4, -0.2) is 82.9 Å². The molecule has 2 aromatic heterocycles. The van der Waals surface area contributed by atoms with Gasteiger partial charge in [-0.25, -0.2) is 10.4 Å². The summed E-state index contributed by atoms with van der Waals surface area (Å²) in [4.78, 5) is 15.1. The Labute approximate surface area is 219 Å². The van der Waals surface area contributed by atoms with Crippen LogP contribution in [-0.2, 0) is 11.3 Å². The molecule has 10 heteroatoms. The molecule has 37 heavy (non-hydrogen) atoms. The van der Waals surface area contributed by atoms with Gasteiger partial charge in [-0.15, -0.1) is 0 Å². The van der Waals surface area contributed by atoms with Crippen molar-refractivity contribution in [3.63, 3.8) is 0 Å². The maximum atomic E-state index is 9.07. The molecule has 10 nitrogen and oxygen atoms in total. The third-order valence-corrected chi connectivity index (χ3v) is 8.35. The third-order valence-electron chi connectivity index (χ3n) is 8.35. The highest BCUT2D eigenvalue weighted by atomic mass is 16.5. The number of pyridine rings is 2. The maximum Gasteiger partial charge on any atom is 0.138 e. The molecule has 2 bridgehead atoms. The highest BCUT2D eigenvalue weighted by Crippen LogP contribution is 2.37. The number of hydrogen-bond acceptors (Lipinski definition) is 10. The molecule has 0 aliphatic carbocycles. The van der Waals surface area contributed by atoms with Crippen molar-refractivity contribution in [2.45, 2.75) is 82.3 Å². The minimum atomic E-state index is 0.128. The summed E-state index contributed by atoms with van der Waals surface area (Å²) in [5, 5.41) is 17.5. The van der Waals surface area contributed by atoms with Gasteiger partial charge in [-0.3, -0.25) is 20.2 Å². The number of rotatable bonds is 8. The lowest BCUT2D eigenvalue weighted by Gasteiger charge is -2.39. The smallest absolute Gasteiger partial charge is 0.138 e. The quantitative estimate of drug-likeness (QED) is 0.427. The van der Waals surface area contributed by atoms with Crippen molar-refractivity contribution < 1.29 is 4.74 Å². The van der Waals surface area contributed by atoms with E-state index in [1.54, 1.807) is 0 Å². The molecule has 4 aliphatic rings. The molecule has 3 unspecified atom stereocenters. The fourth-order valence-corrected chi connectivity index (χ4v) is 6.55. The van der Waals surface area contributed by atoms with Crippen molar-refractivity contribution in [1.82, 2.24) is 30.6 Å². The molecule has 0 spiro atoms. The Kier molecular flexibility index (Phi) is 7.40. The van der Waals surface area contributed by atoms with Crippen LogP contribution in [0.3, 0.4) is 0 Å². The number of fused-ring (bicyclic) bond motifs is 3. The van der Waals surface area contributed by atoms with Crippen LogP contribution in [0.15, 0.2) is 18.2 Å². The molecule has 5 atom stereocenters. The Hall–Kier alpha value is -2.55. The maximum absolute atomic E-state index is 9.07. The molecule has 4 N–H and O–H groups in total. The zero-order chi connectivity index (χ0) is 25.2. The van der Waals surface area contributed by atoms with E-state index in [1.807, 2.05) is 0 Å². The van der Waals surface area contributed by atoms with Gasteiger partial charge in [0.05, 0.1) is 36.7 Å². The molecule has 0 saturated carbocycles. The summed E-state index contributed by atoms with van der Waals surface area (Å²) in [6.07, 6.45) is 6.38. The van der Waals surface area contributed by atoms with E-state index < -0.39 is 0 Å². The molecule has 0 amide bonds. The average Bonchev–Trinajstić information content (AvgIpc) is 3.41. The topological polar surface area (TPSA) is 113 Å². The van der Waals surface area contributed by atoms with Crippen LogP contribution >= 0.6 is 0 Å². The van der Waals surface area contributed by atoms with Gasteiger partial charge < -0.3 is 15.4 Å². The number of anilines is 2. The molecular formula is C27H39N9O. The third kappa shape index (κ3) is 5.66. The van der Waals surface area contributed by atoms with Crippen molar-refractivity contribution >= 4 is 22.5 Å². The SMILES string of the molecule is CC1CC(Nc2cc3nc(CN4CCOCC4)ccc3c(NC3C[C@H]4CC[C@@H](C3)N4CCC#N)n2)NN1. The first-order valence-electron chi connectivity index (χ1n) is 13.9. The molecule has 2 aromatic rings. The molecule has 198 valence electrons. The molecule has 0 radical (unpaired) electrons. The number of hydrazine groups is 1. The molecule has 4 saturated heterocycles. The van der Waals surface area contributed by atoms with Crippen LogP contribution in [0.1, 0.15) is 51.1 Å². The highest BCUT2D eigenvalue weighted by Gasteiger charge is 2.40. The molecule has 6 rings (SSSR count). The minimum absolute atomic E-state index is 0.128. The zero-order valence-corrected chi connectivity index (χ0v) is 21.7. The fourth-order valence-electron chi connectivity index (χ4n) is 6.55. The van der Waals surface area contributed by atoms with E-state index in [-0.39, 0.29) is 6.17 Å². The summed E-state index contributed by atoms with van der Waals surface area (Å²) in [6, 6.07) is 10.7. The van der Waals surface area contributed by atoms with Crippen LogP contribution in [0.4, 0.5) is 11.6 Å². The number of ether oxygens (including phenoxy) is 1. The van der Waals surface area contributed by atoms with E-state index in [0.29, 0.717) is 30.6 Å². The molecule has 6 heterocycles. The number of nitriles is 1. The number of hydrogen-bond donors (Lipinski definition) is 4. The summed E-state index contributed by atoms with van der Waals surface area (Å²) >= 11 is 0. The Morgan fingerprint density at radius 3 is 2.62 bits per heavy atom. The van der Waals surface area contributed by atoms with Crippen LogP contribution in [0.25, 0.3) is 10.9 Å². The summed E-state index contributed by atoms with van der Waals surface area (Å²) in [6.45, 7) is 7.38. The van der Waals surface area contributed by atoms with Crippen molar-refractivity contribution in [2.24, 2.45) is 0 Å². The van der Waals surface area contributed by atoms with Crippen LogP contribution in [0, 0.1) is 11.3 Å². The van der Waals surface area contributed by atoms with E-state index in [9.17, 15) is 0 Å². The first-order chi connectivity index (χ1) is 18.1. The largest absolute Gasteiger partial charge is 0.379 e. The predicted molar refractivity (Wildman–Crippen MR) is 144 cm³/mol. The number of nitrogens with zero attached hydrogens (tertiary/aromatic N) is 5. The summed E-state index contributed by atoms with van der Waals surface area (Å²) in [5.74, 6) is 1.76. The van der Waals surface area contributed by atoms with Crippen LogP contribution < -0.4 is 21.5 Å². The van der Waals surface area contributed by atoms with E-state index in [2.05, 4.69) is 62.5 Å². The zero-order valence-electron chi connectivity index (χ0n) is 21.7. The average molecular weight is 506 g/mol. The van der Waals surface area contributed by atoms with Gasteiger partial charge in [0.15, 0.2) is 0 Å². The highest BCUT2D eigenvalue weighted by molar-refractivity contribution is 5.91. The van der Waals surface area contributed by atoms with E-state index in [0.717, 1.165) is 86.9 Å². The van der Waals surface area contributed by atoms with Crippen molar-refractivity contribution in [3.8, 4) is 6.07 Å². The second-order valence-corrected chi connectivity index (χ2v) is 11.1. The molecule has 0 aromatic carbocycles. The summed E-state index contributed by atoms with van der Waals surface area (Å²) in [5.41, 5.74) is 8.66. The van der Waals surface area contributed by atoms with E-state index in [4.69, 9.17) is 20.0 Å². The van der Waals surface area contributed by atoms with Crippen molar-refractivity contribution in [3.05, 3.63) is 23.9 Å². The lowest BCUT2D eigenvalue weighted by atomic mass is 9.97. The Morgan fingerprint density at radius 1 is 1.08 bits per heavy atom. The molecule has 4 aliphatic heterocycles. The Bertz CT molecular complexity index is 1110. The summed E-state index contributed by atoms with van der Waals surface area (Å²) < 4.78 is 5.51. The van der Waals surface area contributed by atoms with Gasteiger partial charge in [0.1, 0.15) is 11.6 Å². The van der Waals surface area contributed by atoms with Gasteiger partial charge in [0, 0.05) is 68.2 Å². The van der Waals surface area contributed by atoms with E-state index in [1.165, 1.54) is 12.8 Å². The number of nitrogens with one attached hydrogen (secondary N) is 4. The summed E-state index contributed by atoms with van der Waals surface area (Å²) in [7, 11) is 0. The van der Waals surface area contributed by atoms with Crippen molar-refractivity contribution in [1.29, 1.82) is 5.26 Å². The van der Waals surface area contributed by atoms with Crippen LogP contribution in [0.2, 0.25) is 0 Å². The fraction of sp³-hybridized carbons (Fsp3) is 0.667. The second-order valence-electron chi connectivity index (χ2n) is 11.1. The first kappa shape index (κ1) is 24.8. The standard InChI is InChI=1S/C27H39N9O/c1-18-13-26(34-33-18)31-25-16-24-23(6-3-19(29-24)17-35-9-11-37-12-10-35)27(32-25)30-20-14-21-4-5-22(15-20)36(21)8-2-7-28/h3,6,16,18,20-22,26,33-34H,2,4-5,8-15,17H2,1H3,(H2,30,31,32)/t18?,20?,21-,22+,26?. The first-order valence-corrected chi connectivity index (χ1v) is 13.9. The minimum Gasteiger partial charge on any atom is -0.379 e. The Balaban J connectivity index is 1.24. The number of piperidine rings is 1. The number of morpholine rings is 1. The van der Waals surface area contributed by atoms with Gasteiger partial charge in [0.25, 0.3) is 0 Å². The van der Waals surface area contributed by atoms with Crippen molar-refractivity contribution in [2.75, 3.05) is 43.5 Å². The van der Waals surface area contributed by atoms with E-state index >= 15 is 0 Å². The normalized spacial score (nSPS) is 30.4. The molecular weight excluding hydrogens is 466 g/mol.